The molecule has 0 spiro atoms. The number of carboxylic acid groups (broad SMARTS) is 1. The number of hydrogen-bond donors (Lipinski definition) is 2. The second kappa shape index (κ2) is 9.73. The summed E-state index contributed by atoms with van der Waals surface area (Å²) in [5.41, 5.74) is 2.94. The highest BCUT2D eigenvalue weighted by Crippen LogP contribution is 2.34. The molecule has 0 atom stereocenters. The van der Waals surface area contributed by atoms with E-state index in [0.717, 1.165) is 18.4 Å². The van der Waals surface area contributed by atoms with Crippen molar-refractivity contribution in [1.82, 2.24) is 0 Å². The smallest absolute Gasteiger partial charge is 0.335 e. The topological polar surface area (TPSA) is 73.1 Å². The third-order valence-corrected chi connectivity index (χ3v) is 4.63. The van der Waals surface area contributed by atoms with E-state index in [1.165, 1.54) is 25.7 Å². The van der Waals surface area contributed by atoms with Crippen molar-refractivity contribution in [3.8, 4) is 0 Å². The van der Waals surface area contributed by atoms with Gasteiger partial charge in [-0.05, 0) is 36.6 Å². The minimum atomic E-state index is -0.929. The number of aromatic carboxylic acids is 1. The van der Waals surface area contributed by atoms with Crippen LogP contribution >= 0.6 is 0 Å². The molecule has 0 aromatic heterocycles. The predicted molar refractivity (Wildman–Crippen MR) is 106 cm³/mol. The highest BCUT2D eigenvalue weighted by atomic mass is 16.4. The zero-order valence-corrected chi connectivity index (χ0v) is 15.3. The molecule has 26 heavy (non-hydrogen) atoms. The molecular weight excluding hydrogens is 328 g/mol. The van der Waals surface area contributed by atoms with Crippen molar-refractivity contribution < 1.29 is 15.0 Å². The summed E-state index contributed by atoms with van der Waals surface area (Å²) in [4.78, 5) is 18.1. The minimum absolute atomic E-state index is 0.263. The van der Waals surface area contributed by atoms with E-state index in [-0.39, 0.29) is 5.56 Å². The predicted octanol–water partition coefficient (Wildman–Crippen LogP) is 4.12. The lowest BCUT2D eigenvalue weighted by atomic mass is 10.1. The average Bonchev–Trinajstić information content (AvgIpc) is 3.23. The summed E-state index contributed by atoms with van der Waals surface area (Å²) in [6, 6.07) is 15.5. The van der Waals surface area contributed by atoms with Crippen LogP contribution in [0.25, 0.3) is 0 Å². The van der Waals surface area contributed by atoms with E-state index in [0.29, 0.717) is 11.7 Å². The summed E-state index contributed by atoms with van der Waals surface area (Å²) in [5, 5.41) is 16.3. The highest BCUT2D eigenvalue weighted by molar-refractivity contribution is 5.92. The third kappa shape index (κ3) is 4.92. The van der Waals surface area contributed by atoms with Crippen molar-refractivity contribution in [2.24, 2.45) is 4.99 Å². The number of benzene rings is 2. The van der Waals surface area contributed by atoms with Crippen molar-refractivity contribution in [2.75, 3.05) is 19.1 Å². The van der Waals surface area contributed by atoms with Crippen LogP contribution in [0.4, 0.5) is 11.4 Å². The van der Waals surface area contributed by atoms with Crippen molar-refractivity contribution in [3.05, 3.63) is 59.7 Å². The Kier molecular flexibility index (Phi) is 7.36. The van der Waals surface area contributed by atoms with Crippen LogP contribution in [-0.2, 0) is 0 Å². The van der Waals surface area contributed by atoms with Crippen LogP contribution in [0.5, 0.6) is 0 Å². The van der Waals surface area contributed by atoms with E-state index < -0.39 is 5.97 Å². The van der Waals surface area contributed by atoms with Gasteiger partial charge >= 0.3 is 5.97 Å². The number of anilines is 1. The highest BCUT2D eigenvalue weighted by Gasteiger charge is 2.22. The summed E-state index contributed by atoms with van der Waals surface area (Å²) in [7, 11) is 3.08. The zero-order chi connectivity index (χ0) is 18.9. The van der Waals surface area contributed by atoms with E-state index in [1.54, 1.807) is 18.3 Å². The number of carboxylic acids is 1. The first-order valence-corrected chi connectivity index (χ1v) is 8.79. The van der Waals surface area contributed by atoms with Gasteiger partial charge in [-0.3, -0.25) is 4.99 Å². The number of nitrogens with zero attached hydrogens (tertiary/aromatic N) is 2. The Labute approximate surface area is 154 Å². The quantitative estimate of drug-likeness (QED) is 0.792. The van der Waals surface area contributed by atoms with Crippen LogP contribution in [-0.4, -0.2) is 42.6 Å². The van der Waals surface area contributed by atoms with E-state index in [9.17, 15) is 9.90 Å². The number of aliphatic hydroxyl groups excluding tert-OH is 1. The van der Waals surface area contributed by atoms with E-state index in [4.69, 9.17) is 5.11 Å². The van der Waals surface area contributed by atoms with Crippen molar-refractivity contribution >= 4 is 23.6 Å². The molecule has 0 saturated heterocycles. The van der Waals surface area contributed by atoms with Gasteiger partial charge in [0, 0.05) is 26.4 Å². The molecule has 2 aromatic rings. The number of hydrogen-bond acceptors (Lipinski definition) is 4. The van der Waals surface area contributed by atoms with Gasteiger partial charge in [-0.15, -0.1) is 0 Å². The molecule has 0 amide bonds. The molecule has 0 radical (unpaired) electrons. The maximum absolute atomic E-state index is 11.3. The molecule has 2 aromatic carbocycles. The molecular formula is C21H26N2O3. The van der Waals surface area contributed by atoms with Crippen molar-refractivity contribution in [1.29, 1.82) is 0 Å². The molecule has 0 bridgehead atoms. The second-order valence-corrected chi connectivity index (χ2v) is 6.23. The number of rotatable bonds is 5. The van der Waals surface area contributed by atoms with Gasteiger partial charge in [-0.1, -0.05) is 43.2 Å². The molecule has 3 rings (SSSR count). The van der Waals surface area contributed by atoms with Crippen molar-refractivity contribution in [2.45, 2.75) is 31.7 Å². The van der Waals surface area contributed by atoms with E-state index in [2.05, 4.69) is 16.9 Å². The van der Waals surface area contributed by atoms with Gasteiger partial charge in [0.05, 0.1) is 16.9 Å². The van der Waals surface area contributed by atoms with Crippen LogP contribution in [0, 0.1) is 0 Å². The molecule has 5 heteroatoms. The van der Waals surface area contributed by atoms with Gasteiger partial charge in [0.1, 0.15) is 0 Å². The first-order valence-electron chi connectivity index (χ1n) is 8.79. The lowest BCUT2D eigenvalue weighted by Crippen LogP contribution is -2.28. The molecule has 5 nitrogen and oxygen atoms in total. The normalized spacial score (nSPS) is 14.1. The van der Waals surface area contributed by atoms with Gasteiger partial charge in [0.25, 0.3) is 0 Å². The molecule has 138 valence electrons. The summed E-state index contributed by atoms with van der Waals surface area (Å²) < 4.78 is 0. The number of carbonyl (C=O) groups is 1. The number of aliphatic imine (C=N–C) groups is 1. The SMILES string of the molecule is CN(c1ccc(C(=O)O)cc1N=Cc1ccccc1)C1CCCC1.CO. The first-order chi connectivity index (χ1) is 12.6. The lowest BCUT2D eigenvalue weighted by Gasteiger charge is -2.27. The Morgan fingerprint density at radius 2 is 1.77 bits per heavy atom. The van der Waals surface area contributed by atoms with Gasteiger partial charge in [0.15, 0.2) is 0 Å². The Bertz CT molecular complexity index is 738. The maximum Gasteiger partial charge on any atom is 0.335 e. The Morgan fingerprint density at radius 1 is 1.12 bits per heavy atom. The van der Waals surface area contributed by atoms with Crippen LogP contribution in [0.3, 0.4) is 0 Å². The average molecular weight is 354 g/mol. The molecule has 0 unspecified atom stereocenters. The van der Waals surface area contributed by atoms with Crippen LogP contribution < -0.4 is 4.90 Å². The molecule has 0 aliphatic heterocycles. The van der Waals surface area contributed by atoms with Crippen LogP contribution in [0.15, 0.2) is 53.5 Å². The fourth-order valence-electron chi connectivity index (χ4n) is 3.23. The second-order valence-electron chi connectivity index (χ2n) is 6.23. The Balaban J connectivity index is 0.00000117. The fourth-order valence-corrected chi connectivity index (χ4v) is 3.23. The number of aliphatic hydroxyl groups is 1. The van der Waals surface area contributed by atoms with Gasteiger partial charge in [-0.2, -0.15) is 0 Å². The van der Waals surface area contributed by atoms with Crippen LogP contribution in [0.1, 0.15) is 41.6 Å². The molecule has 2 N–H and O–H groups in total. The first kappa shape index (κ1) is 19.7. The molecule has 1 saturated carbocycles. The fraction of sp³-hybridized carbons (Fsp3) is 0.333. The Morgan fingerprint density at radius 3 is 2.38 bits per heavy atom. The molecule has 1 fully saturated rings. The molecule has 1 aliphatic rings. The monoisotopic (exact) mass is 354 g/mol. The lowest BCUT2D eigenvalue weighted by molar-refractivity contribution is 0.0697. The minimum Gasteiger partial charge on any atom is -0.478 e. The summed E-state index contributed by atoms with van der Waals surface area (Å²) >= 11 is 0. The standard InChI is InChI=1S/C20H22N2O2.CH4O/c1-22(17-9-5-6-10-17)19-12-11-16(20(23)24)13-18(19)21-14-15-7-3-2-4-8-15;1-2/h2-4,7-8,11-14,17H,5-6,9-10H2,1H3,(H,23,24);2H,1H3. The van der Waals surface area contributed by atoms with Gasteiger partial charge in [0.2, 0.25) is 0 Å². The van der Waals surface area contributed by atoms with Crippen LogP contribution in [0.2, 0.25) is 0 Å². The maximum atomic E-state index is 11.3. The molecule has 0 heterocycles. The largest absolute Gasteiger partial charge is 0.478 e. The van der Waals surface area contributed by atoms with E-state index in [1.807, 2.05) is 36.4 Å². The van der Waals surface area contributed by atoms with Gasteiger partial charge in [-0.25, -0.2) is 4.79 Å². The summed E-state index contributed by atoms with van der Waals surface area (Å²) in [6.45, 7) is 0. The van der Waals surface area contributed by atoms with Gasteiger partial charge < -0.3 is 15.1 Å². The molecule has 1 aliphatic carbocycles. The van der Waals surface area contributed by atoms with E-state index >= 15 is 0 Å². The summed E-state index contributed by atoms with van der Waals surface area (Å²) in [5.74, 6) is -0.929. The van der Waals surface area contributed by atoms with Crippen molar-refractivity contribution in [3.63, 3.8) is 0 Å². The summed E-state index contributed by atoms with van der Waals surface area (Å²) in [6.07, 6.45) is 6.65. The zero-order valence-electron chi connectivity index (χ0n) is 15.3. The Hall–Kier alpha value is -2.66. The third-order valence-electron chi connectivity index (χ3n) is 4.63.